The molecule has 0 radical (unpaired) electrons. The first-order chi connectivity index (χ1) is 7.18. The fraction of sp³-hybridized carbons (Fsp3) is 0.333. The van der Waals surface area contributed by atoms with Crippen LogP contribution in [0.15, 0.2) is 22.0 Å². The molecular weight excluding hydrogens is 214 g/mol. The minimum Gasteiger partial charge on any atom is -0.391 e. The number of thiophene rings is 1. The Balaban J connectivity index is 2.25. The van der Waals surface area contributed by atoms with E-state index in [1.165, 1.54) is 11.3 Å². The van der Waals surface area contributed by atoms with Crippen LogP contribution in [0, 0.1) is 0 Å². The summed E-state index contributed by atoms with van der Waals surface area (Å²) < 4.78 is 4.97. The standard InChI is InChI=1S/C9H11N3O2S/c1-5(13)7(10)9-11-8(12-14-9)6-3-2-4-15-6/h2-5,7,13H,10H2,1H3. The van der Waals surface area contributed by atoms with Crippen molar-refractivity contribution in [1.82, 2.24) is 10.1 Å². The lowest BCUT2D eigenvalue weighted by atomic mass is 10.2. The van der Waals surface area contributed by atoms with Gasteiger partial charge in [0.25, 0.3) is 0 Å². The third-order valence-electron chi connectivity index (χ3n) is 1.99. The van der Waals surface area contributed by atoms with Crippen LogP contribution in [0.5, 0.6) is 0 Å². The summed E-state index contributed by atoms with van der Waals surface area (Å²) in [6.45, 7) is 1.58. The van der Waals surface area contributed by atoms with E-state index in [2.05, 4.69) is 10.1 Å². The van der Waals surface area contributed by atoms with Gasteiger partial charge in [0, 0.05) is 0 Å². The first kappa shape index (κ1) is 10.3. The van der Waals surface area contributed by atoms with Gasteiger partial charge in [0.2, 0.25) is 11.7 Å². The number of aliphatic hydroxyl groups excluding tert-OH is 1. The zero-order chi connectivity index (χ0) is 10.8. The third-order valence-corrected chi connectivity index (χ3v) is 2.85. The molecule has 80 valence electrons. The summed E-state index contributed by atoms with van der Waals surface area (Å²) in [5.74, 6) is 0.768. The van der Waals surface area contributed by atoms with E-state index in [1.807, 2.05) is 17.5 Å². The predicted molar refractivity (Wildman–Crippen MR) is 56.2 cm³/mol. The lowest BCUT2D eigenvalue weighted by Crippen LogP contribution is -2.23. The smallest absolute Gasteiger partial charge is 0.246 e. The quantitative estimate of drug-likeness (QED) is 0.819. The Morgan fingerprint density at radius 2 is 2.40 bits per heavy atom. The Labute approximate surface area is 90.5 Å². The number of hydrogen-bond donors (Lipinski definition) is 2. The van der Waals surface area contributed by atoms with Gasteiger partial charge in [-0.05, 0) is 18.4 Å². The second-order valence-electron chi connectivity index (χ2n) is 3.20. The minimum atomic E-state index is -0.707. The van der Waals surface area contributed by atoms with Crippen LogP contribution in [0.3, 0.4) is 0 Å². The van der Waals surface area contributed by atoms with Crippen molar-refractivity contribution in [3.05, 3.63) is 23.4 Å². The molecule has 3 N–H and O–H groups in total. The molecule has 2 aromatic heterocycles. The van der Waals surface area contributed by atoms with E-state index in [9.17, 15) is 5.11 Å². The molecule has 0 saturated carbocycles. The fourth-order valence-electron chi connectivity index (χ4n) is 1.08. The summed E-state index contributed by atoms with van der Waals surface area (Å²) in [6, 6.07) is 3.17. The van der Waals surface area contributed by atoms with Crippen molar-refractivity contribution in [3.8, 4) is 10.7 Å². The van der Waals surface area contributed by atoms with E-state index in [0.29, 0.717) is 5.82 Å². The van der Waals surface area contributed by atoms with Crippen LogP contribution in [0.4, 0.5) is 0 Å². The zero-order valence-corrected chi connectivity index (χ0v) is 8.94. The molecule has 2 rings (SSSR count). The molecule has 5 nitrogen and oxygen atoms in total. The largest absolute Gasteiger partial charge is 0.391 e. The van der Waals surface area contributed by atoms with E-state index < -0.39 is 12.1 Å². The highest BCUT2D eigenvalue weighted by Crippen LogP contribution is 2.23. The van der Waals surface area contributed by atoms with Gasteiger partial charge in [-0.3, -0.25) is 0 Å². The normalized spacial score (nSPS) is 15.1. The molecule has 0 saturated heterocycles. The SMILES string of the molecule is CC(O)C(N)c1nc(-c2cccs2)no1. The van der Waals surface area contributed by atoms with Gasteiger partial charge in [-0.2, -0.15) is 4.98 Å². The molecule has 15 heavy (non-hydrogen) atoms. The van der Waals surface area contributed by atoms with Crippen molar-refractivity contribution in [3.63, 3.8) is 0 Å². The third kappa shape index (κ3) is 2.06. The first-order valence-electron chi connectivity index (χ1n) is 4.49. The van der Waals surface area contributed by atoms with E-state index in [1.54, 1.807) is 6.92 Å². The van der Waals surface area contributed by atoms with Gasteiger partial charge >= 0.3 is 0 Å². The summed E-state index contributed by atoms with van der Waals surface area (Å²) in [4.78, 5) is 5.04. The van der Waals surface area contributed by atoms with Crippen LogP contribution in [0.25, 0.3) is 10.7 Å². The number of aromatic nitrogens is 2. The lowest BCUT2D eigenvalue weighted by Gasteiger charge is -2.08. The average Bonchev–Trinajstić information content (AvgIpc) is 2.86. The minimum absolute atomic E-state index is 0.258. The van der Waals surface area contributed by atoms with Crippen LogP contribution < -0.4 is 5.73 Å². The Morgan fingerprint density at radius 1 is 1.60 bits per heavy atom. The van der Waals surface area contributed by atoms with Crippen molar-refractivity contribution in [1.29, 1.82) is 0 Å². The molecule has 0 fully saturated rings. The van der Waals surface area contributed by atoms with Crippen molar-refractivity contribution in [2.24, 2.45) is 5.73 Å². The van der Waals surface area contributed by atoms with Crippen LogP contribution >= 0.6 is 11.3 Å². The Hall–Kier alpha value is -1.24. The van der Waals surface area contributed by atoms with Crippen molar-refractivity contribution >= 4 is 11.3 Å². The molecular formula is C9H11N3O2S. The molecule has 0 amide bonds. The maximum atomic E-state index is 9.26. The molecule has 0 aliphatic carbocycles. The molecule has 0 aromatic carbocycles. The molecule has 2 unspecified atom stereocenters. The van der Waals surface area contributed by atoms with E-state index in [-0.39, 0.29) is 5.89 Å². The maximum absolute atomic E-state index is 9.26. The number of rotatable bonds is 3. The van der Waals surface area contributed by atoms with Crippen LogP contribution in [0.2, 0.25) is 0 Å². The van der Waals surface area contributed by atoms with Crippen LogP contribution in [-0.4, -0.2) is 21.4 Å². The van der Waals surface area contributed by atoms with E-state index in [0.717, 1.165) is 4.88 Å². The highest BCUT2D eigenvalue weighted by molar-refractivity contribution is 7.13. The summed E-state index contributed by atoms with van der Waals surface area (Å²) in [7, 11) is 0. The highest BCUT2D eigenvalue weighted by atomic mass is 32.1. The van der Waals surface area contributed by atoms with E-state index >= 15 is 0 Å². The second kappa shape index (κ2) is 4.09. The monoisotopic (exact) mass is 225 g/mol. The first-order valence-corrected chi connectivity index (χ1v) is 5.37. The van der Waals surface area contributed by atoms with Gasteiger partial charge in [-0.15, -0.1) is 11.3 Å². The van der Waals surface area contributed by atoms with Crippen molar-refractivity contribution in [2.45, 2.75) is 19.1 Å². The molecule has 2 atom stereocenters. The molecule has 0 aliphatic heterocycles. The van der Waals surface area contributed by atoms with E-state index in [4.69, 9.17) is 10.3 Å². The lowest BCUT2D eigenvalue weighted by molar-refractivity contribution is 0.146. The Kier molecular flexibility index (Phi) is 2.81. The van der Waals surface area contributed by atoms with Gasteiger partial charge in [-0.1, -0.05) is 11.2 Å². The number of hydrogen-bond acceptors (Lipinski definition) is 6. The Morgan fingerprint density at radius 3 is 3.00 bits per heavy atom. The number of nitrogens with zero attached hydrogens (tertiary/aromatic N) is 2. The van der Waals surface area contributed by atoms with Gasteiger partial charge < -0.3 is 15.4 Å². The van der Waals surface area contributed by atoms with Crippen LogP contribution in [-0.2, 0) is 0 Å². The fourth-order valence-corrected chi connectivity index (χ4v) is 1.73. The molecule has 2 aromatic rings. The van der Waals surface area contributed by atoms with Crippen LogP contribution in [0.1, 0.15) is 18.9 Å². The van der Waals surface area contributed by atoms with Crippen molar-refractivity contribution in [2.75, 3.05) is 0 Å². The Bertz CT molecular complexity index is 424. The molecule has 2 heterocycles. The number of aliphatic hydroxyl groups is 1. The van der Waals surface area contributed by atoms with Gasteiger partial charge in [0.15, 0.2) is 0 Å². The summed E-state index contributed by atoms with van der Waals surface area (Å²) in [6.07, 6.45) is -0.707. The second-order valence-corrected chi connectivity index (χ2v) is 4.15. The summed E-state index contributed by atoms with van der Waals surface area (Å²) in [5.41, 5.74) is 5.66. The molecule has 0 bridgehead atoms. The van der Waals surface area contributed by atoms with Gasteiger partial charge in [0.1, 0.15) is 6.04 Å². The molecule has 6 heteroatoms. The predicted octanol–water partition coefficient (Wildman–Crippen LogP) is 1.18. The topological polar surface area (TPSA) is 85.2 Å². The molecule has 0 aliphatic rings. The number of nitrogens with two attached hydrogens (primary N) is 1. The highest BCUT2D eigenvalue weighted by Gasteiger charge is 2.20. The molecule has 0 spiro atoms. The van der Waals surface area contributed by atoms with Crippen molar-refractivity contribution < 1.29 is 9.63 Å². The zero-order valence-electron chi connectivity index (χ0n) is 8.12. The summed E-state index contributed by atoms with van der Waals surface area (Å²) in [5, 5.41) is 15.0. The maximum Gasteiger partial charge on any atom is 0.246 e. The average molecular weight is 225 g/mol. The summed E-state index contributed by atoms with van der Waals surface area (Å²) >= 11 is 1.52. The van der Waals surface area contributed by atoms with Gasteiger partial charge in [-0.25, -0.2) is 0 Å². The van der Waals surface area contributed by atoms with Gasteiger partial charge in [0.05, 0.1) is 11.0 Å².